The molecule has 1 fully saturated rings. The maximum absolute atomic E-state index is 5.35. The summed E-state index contributed by atoms with van der Waals surface area (Å²) in [5.41, 5.74) is 1.09. The average Bonchev–Trinajstić information content (AvgIpc) is 2.64. The zero-order chi connectivity index (χ0) is 11.5. The van der Waals surface area contributed by atoms with Crippen LogP contribution in [0.2, 0.25) is 0 Å². The van der Waals surface area contributed by atoms with Gasteiger partial charge in [0.15, 0.2) is 0 Å². The molecule has 1 N–H and O–H groups in total. The molecule has 2 unspecified atom stereocenters. The maximum atomic E-state index is 5.35. The lowest BCUT2D eigenvalue weighted by atomic mass is 10.1. The van der Waals surface area contributed by atoms with E-state index in [9.17, 15) is 0 Å². The molecule has 0 saturated heterocycles. The third-order valence-electron chi connectivity index (χ3n) is 3.22. The van der Waals surface area contributed by atoms with E-state index < -0.39 is 0 Å². The summed E-state index contributed by atoms with van der Waals surface area (Å²) in [5, 5.41) is 3.58. The van der Waals surface area contributed by atoms with E-state index in [0.717, 1.165) is 21.8 Å². The van der Waals surface area contributed by atoms with Crippen LogP contribution in [0.15, 0.2) is 22.7 Å². The van der Waals surface area contributed by atoms with Gasteiger partial charge in [-0.05, 0) is 43.4 Å². The van der Waals surface area contributed by atoms with Gasteiger partial charge in [0.1, 0.15) is 5.75 Å². The molecule has 0 amide bonds. The van der Waals surface area contributed by atoms with Crippen LogP contribution in [0.5, 0.6) is 5.75 Å². The van der Waals surface area contributed by atoms with Gasteiger partial charge in [-0.3, -0.25) is 0 Å². The van der Waals surface area contributed by atoms with Crippen LogP contribution in [-0.4, -0.2) is 13.2 Å². The number of hydrogen-bond donors (Lipinski definition) is 1. The van der Waals surface area contributed by atoms with E-state index in [4.69, 9.17) is 4.74 Å². The molecule has 0 aromatic heterocycles. The molecule has 1 aliphatic carbocycles. The molecule has 0 aliphatic heterocycles. The lowest BCUT2D eigenvalue weighted by molar-refractivity contribution is 0.415. The van der Waals surface area contributed by atoms with Gasteiger partial charge in [0, 0.05) is 10.5 Å². The topological polar surface area (TPSA) is 21.3 Å². The van der Waals surface area contributed by atoms with Crippen molar-refractivity contribution in [1.82, 2.24) is 0 Å². The van der Waals surface area contributed by atoms with Crippen molar-refractivity contribution in [2.75, 3.05) is 12.4 Å². The van der Waals surface area contributed by atoms with E-state index in [0.29, 0.717) is 6.04 Å². The number of methoxy groups -OCH3 is 1. The number of nitrogens with one attached hydrogen (secondary N) is 1. The lowest BCUT2D eigenvalue weighted by Gasteiger charge is -2.17. The summed E-state index contributed by atoms with van der Waals surface area (Å²) in [6.07, 6.45) is 3.85. The van der Waals surface area contributed by atoms with Crippen molar-refractivity contribution in [1.29, 1.82) is 0 Å². The Morgan fingerprint density at radius 3 is 2.81 bits per heavy atom. The third kappa shape index (κ3) is 2.70. The number of benzene rings is 1. The molecule has 1 aromatic rings. The van der Waals surface area contributed by atoms with Gasteiger partial charge in [-0.1, -0.05) is 22.9 Å². The molecule has 3 heteroatoms. The summed E-state index contributed by atoms with van der Waals surface area (Å²) >= 11 is 3.49. The highest BCUT2D eigenvalue weighted by Gasteiger charge is 2.21. The van der Waals surface area contributed by atoms with Crippen molar-refractivity contribution < 1.29 is 4.74 Å². The molecule has 1 aromatic carbocycles. The van der Waals surface area contributed by atoms with E-state index in [1.54, 1.807) is 7.11 Å². The fourth-order valence-corrected chi connectivity index (χ4v) is 2.71. The van der Waals surface area contributed by atoms with Crippen molar-refractivity contribution >= 4 is 21.6 Å². The van der Waals surface area contributed by atoms with E-state index in [2.05, 4.69) is 34.2 Å². The van der Waals surface area contributed by atoms with Crippen molar-refractivity contribution in [3.8, 4) is 5.75 Å². The van der Waals surface area contributed by atoms with Crippen molar-refractivity contribution in [2.45, 2.75) is 32.2 Å². The first kappa shape index (κ1) is 11.8. The Morgan fingerprint density at radius 1 is 1.38 bits per heavy atom. The fraction of sp³-hybridized carbons (Fsp3) is 0.538. The monoisotopic (exact) mass is 283 g/mol. The minimum atomic E-state index is 0.596. The van der Waals surface area contributed by atoms with Gasteiger partial charge in [0.05, 0.1) is 12.8 Å². The molecular weight excluding hydrogens is 266 g/mol. The second kappa shape index (κ2) is 5.09. The van der Waals surface area contributed by atoms with Crippen LogP contribution < -0.4 is 10.1 Å². The summed E-state index contributed by atoms with van der Waals surface area (Å²) in [4.78, 5) is 0. The molecule has 0 bridgehead atoms. The Bertz CT molecular complexity index is 367. The van der Waals surface area contributed by atoms with Gasteiger partial charge in [-0.15, -0.1) is 0 Å². The maximum Gasteiger partial charge on any atom is 0.142 e. The summed E-state index contributed by atoms with van der Waals surface area (Å²) in [6, 6.07) is 6.67. The Labute approximate surface area is 106 Å². The number of ether oxygens (including phenoxy) is 1. The van der Waals surface area contributed by atoms with Crippen molar-refractivity contribution in [2.24, 2.45) is 5.92 Å². The molecule has 2 atom stereocenters. The van der Waals surface area contributed by atoms with Gasteiger partial charge >= 0.3 is 0 Å². The Kier molecular flexibility index (Phi) is 3.74. The minimum absolute atomic E-state index is 0.596. The van der Waals surface area contributed by atoms with Gasteiger partial charge in [-0.2, -0.15) is 0 Å². The molecule has 1 aliphatic rings. The molecule has 88 valence electrons. The molecule has 0 spiro atoms. The minimum Gasteiger partial charge on any atom is -0.495 e. The van der Waals surface area contributed by atoms with Crippen LogP contribution >= 0.6 is 15.9 Å². The van der Waals surface area contributed by atoms with E-state index >= 15 is 0 Å². The zero-order valence-corrected chi connectivity index (χ0v) is 11.4. The highest BCUT2D eigenvalue weighted by atomic mass is 79.9. The largest absolute Gasteiger partial charge is 0.495 e. The van der Waals surface area contributed by atoms with Crippen molar-refractivity contribution in [3.05, 3.63) is 22.7 Å². The first-order chi connectivity index (χ1) is 7.69. The summed E-state index contributed by atoms with van der Waals surface area (Å²) in [7, 11) is 1.71. The molecular formula is C13H18BrNO. The molecule has 1 saturated carbocycles. The molecule has 2 rings (SSSR count). The standard InChI is InChI=1S/C13H18BrNO/c1-9-3-5-11(7-9)15-12-8-10(14)4-6-13(12)16-2/h4,6,8-9,11,15H,3,5,7H2,1-2H3. The summed E-state index contributed by atoms with van der Waals surface area (Å²) in [6.45, 7) is 2.32. The smallest absolute Gasteiger partial charge is 0.142 e. The van der Waals surface area contributed by atoms with Gasteiger partial charge in [-0.25, -0.2) is 0 Å². The summed E-state index contributed by atoms with van der Waals surface area (Å²) < 4.78 is 6.44. The third-order valence-corrected chi connectivity index (χ3v) is 3.71. The molecule has 0 heterocycles. The molecule has 2 nitrogen and oxygen atoms in total. The first-order valence-corrected chi connectivity index (χ1v) is 6.58. The predicted octanol–water partition coefficient (Wildman–Crippen LogP) is 4.06. The second-order valence-corrected chi connectivity index (χ2v) is 5.52. The van der Waals surface area contributed by atoms with Crippen LogP contribution in [0.1, 0.15) is 26.2 Å². The van der Waals surface area contributed by atoms with E-state index in [1.807, 2.05) is 12.1 Å². The fourth-order valence-electron chi connectivity index (χ4n) is 2.35. The molecule has 0 radical (unpaired) electrons. The van der Waals surface area contributed by atoms with Crippen LogP contribution in [0.3, 0.4) is 0 Å². The van der Waals surface area contributed by atoms with Gasteiger partial charge in [0.25, 0.3) is 0 Å². The predicted molar refractivity (Wildman–Crippen MR) is 71.1 cm³/mol. The SMILES string of the molecule is COc1ccc(Br)cc1NC1CCC(C)C1. The number of anilines is 1. The van der Waals surface area contributed by atoms with Crippen LogP contribution in [-0.2, 0) is 0 Å². The van der Waals surface area contributed by atoms with Crippen molar-refractivity contribution in [3.63, 3.8) is 0 Å². The first-order valence-electron chi connectivity index (χ1n) is 5.79. The highest BCUT2D eigenvalue weighted by Crippen LogP contribution is 2.32. The number of halogens is 1. The Hall–Kier alpha value is -0.700. The quantitative estimate of drug-likeness (QED) is 0.903. The van der Waals surface area contributed by atoms with E-state index in [1.165, 1.54) is 19.3 Å². The average molecular weight is 284 g/mol. The van der Waals surface area contributed by atoms with Crippen LogP contribution in [0, 0.1) is 5.92 Å². The molecule has 16 heavy (non-hydrogen) atoms. The Balaban J connectivity index is 2.10. The van der Waals surface area contributed by atoms with Gasteiger partial charge < -0.3 is 10.1 Å². The zero-order valence-electron chi connectivity index (χ0n) is 9.79. The number of hydrogen-bond acceptors (Lipinski definition) is 2. The number of rotatable bonds is 3. The Morgan fingerprint density at radius 2 is 2.19 bits per heavy atom. The lowest BCUT2D eigenvalue weighted by Crippen LogP contribution is -2.15. The highest BCUT2D eigenvalue weighted by molar-refractivity contribution is 9.10. The summed E-state index contributed by atoms with van der Waals surface area (Å²) in [5.74, 6) is 1.76. The van der Waals surface area contributed by atoms with Crippen LogP contribution in [0.25, 0.3) is 0 Å². The second-order valence-electron chi connectivity index (χ2n) is 4.60. The van der Waals surface area contributed by atoms with Crippen LogP contribution in [0.4, 0.5) is 5.69 Å². The van der Waals surface area contributed by atoms with Gasteiger partial charge in [0.2, 0.25) is 0 Å². The van der Waals surface area contributed by atoms with E-state index in [-0.39, 0.29) is 0 Å². The normalized spacial score (nSPS) is 24.4.